The lowest BCUT2D eigenvalue weighted by Crippen LogP contribution is -2.51. The number of amides is 1. The molecule has 1 N–H and O–H groups in total. The number of ether oxygens (including phenoxy) is 2. The van der Waals surface area contributed by atoms with E-state index < -0.39 is 0 Å². The van der Waals surface area contributed by atoms with Gasteiger partial charge in [-0.2, -0.15) is 5.26 Å². The van der Waals surface area contributed by atoms with E-state index in [0.29, 0.717) is 51.3 Å². The molecule has 4 rings (SSSR count). The third kappa shape index (κ3) is 4.90. The number of hydrogen-bond acceptors (Lipinski definition) is 7. The molecule has 0 radical (unpaired) electrons. The Hall–Kier alpha value is -2.21. The van der Waals surface area contributed by atoms with Gasteiger partial charge >= 0.3 is 0 Å². The molecular weight excluding hydrogens is 406 g/mol. The molecule has 1 atom stereocenters. The van der Waals surface area contributed by atoms with Crippen molar-refractivity contribution in [1.29, 1.82) is 5.26 Å². The van der Waals surface area contributed by atoms with Crippen LogP contribution in [0.15, 0.2) is 0 Å². The Morgan fingerprint density at radius 2 is 2.06 bits per heavy atom. The maximum Gasteiger partial charge on any atom is 0.236 e. The predicted molar refractivity (Wildman–Crippen MR) is 122 cm³/mol. The van der Waals surface area contributed by atoms with E-state index in [0.717, 1.165) is 55.1 Å². The van der Waals surface area contributed by atoms with Gasteiger partial charge in [0.2, 0.25) is 5.91 Å². The third-order valence-corrected chi connectivity index (χ3v) is 6.74. The highest BCUT2D eigenvalue weighted by atomic mass is 16.5. The Kier molecular flexibility index (Phi) is 6.99. The number of fused-ring (bicyclic) bond motifs is 1. The number of piperazine rings is 1. The lowest BCUT2D eigenvalue weighted by Gasteiger charge is -2.38. The van der Waals surface area contributed by atoms with Gasteiger partial charge in [0.25, 0.3) is 0 Å². The summed E-state index contributed by atoms with van der Waals surface area (Å²) in [4.78, 5) is 21.6. The highest BCUT2D eigenvalue weighted by Crippen LogP contribution is 2.35. The fourth-order valence-electron chi connectivity index (χ4n) is 4.88. The Labute approximate surface area is 190 Å². The number of aromatic nitrogens is 1. The lowest BCUT2D eigenvalue weighted by atomic mass is 9.87. The second-order valence-corrected chi connectivity index (χ2v) is 9.54. The minimum atomic E-state index is -0.288. The van der Waals surface area contributed by atoms with Gasteiger partial charge in [0.15, 0.2) is 0 Å². The second kappa shape index (κ2) is 9.74. The van der Waals surface area contributed by atoms with E-state index in [1.807, 2.05) is 4.90 Å². The van der Waals surface area contributed by atoms with Crippen molar-refractivity contribution in [1.82, 2.24) is 15.2 Å². The molecule has 3 aliphatic heterocycles. The van der Waals surface area contributed by atoms with Crippen LogP contribution in [0, 0.1) is 11.3 Å². The SMILES string of the molecule is CCc1nc(N2CCN(C(=O)CNC[C@@H]3CCCO3)CC2)c(C#N)c2c1COC(C)(C)C2. The van der Waals surface area contributed by atoms with Crippen molar-refractivity contribution in [3.63, 3.8) is 0 Å². The standard InChI is InChI=1S/C24H35N5O3/c1-4-21-20-16-32-24(2,3)12-18(20)19(13-25)23(27-21)29-9-7-28(8-10-29)22(30)15-26-14-17-6-5-11-31-17/h17,26H,4-12,14-16H2,1-3H3/t17-/m0/s1. The number of nitriles is 1. The molecule has 0 aromatic carbocycles. The minimum absolute atomic E-state index is 0.120. The van der Waals surface area contributed by atoms with Gasteiger partial charge in [-0.3, -0.25) is 4.79 Å². The lowest BCUT2D eigenvalue weighted by molar-refractivity contribution is -0.130. The maximum atomic E-state index is 12.6. The van der Waals surface area contributed by atoms with Crippen molar-refractivity contribution < 1.29 is 14.3 Å². The van der Waals surface area contributed by atoms with Crippen LogP contribution in [0.2, 0.25) is 0 Å². The number of anilines is 1. The molecule has 0 bridgehead atoms. The first-order chi connectivity index (χ1) is 15.4. The number of nitrogens with one attached hydrogen (secondary N) is 1. The van der Waals surface area contributed by atoms with Crippen molar-refractivity contribution in [2.45, 2.75) is 64.8 Å². The normalized spacial score (nSPS) is 22.5. The second-order valence-electron chi connectivity index (χ2n) is 9.54. The Bertz CT molecular complexity index is 881. The summed E-state index contributed by atoms with van der Waals surface area (Å²) >= 11 is 0. The van der Waals surface area contributed by atoms with E-state index >= 15 is 0 Å². The average Bonchev–Trinajstić information content (AvgIpc) is 3.31. The van der Waals surface area contributed by atoms with Crippen LogP contribution in [0.3, 0.4) is 0 Å². The van der Waals surface area contributed by atoms with E-state index in [1.54, 1.807) is 0 Å². The molecule has 0 unspecified atom stereocenters. The zero-order valence-electron chi connectivity index (χ0n) is 19.6. The summed E-state index contributed by atoms with van der Waals surface area (Å²) in [5.41, 5.74) is 3.57. The van der Waals surface area contributed by atoms with Gasteiger partial charge in [-0.1, -0.05) is 6.92 Å². The number of rotatable bonds is 6. The van der Waals surface area contributed by atoms with Gasteiger partial charge in [0, 0.05) is 57.0 Å². The Balaban J connectivity index is 1.42. The first kappa shape index (κ1) is 23.0. The molecule has 174 valence electrons. The molecule has 1 aromatic heterocycles. The predicted octanol–water partition coefficient (Wildman–Crippen LogP) is 1.78. The van der Waals surface area contributed by atoms with Gasteiger partial charge in [0.05, 0.1) is 30.4 Å². The van der Waals surface area contributed by atoms with Gasteiger partial charge in [-0.15, -0.1) is 0 Å². The van der Waals surface area contributed by atoms with Gasteiger partial charge < -0.3 is 24.6 Å². The summed E-state index contributed by atoms with van der Waals surface area (Å²) < 4.78 is 11.6. The van der Waals surface area contributed by atoms with Crippen LogP contribution in [-0.4, -0.2) is 73.4 Å². The fraction of sp³-hybridized carbons (Fsp3) is 0.708. The van der Waals surface area contributed by atoms with Gasteiger partial charge in [0.1, 0.15) is 11.9 Å². The van der Waals surface area contributed by atoms with Gasteiger partial charge in [-0.05, 0) is 38.7 Å². The van der Waals surface area contributed by atoms with Crippen molar-refractivity contribution in [2.24, 2.45) is 0 Å². The molecule has 0 saturated carbocycles. The fourth-order valence-corrected chi connectivity index (χ4v) is 4.88. The largest absolute Gasteiger partial charge is 0.377 e. The number of aryl methyl sites for hydroxylation is 1. The van der Waals surface area contributed by atoms with Crippen LogP contribution in [0.5, 0.6) is 0 Å². The van der Waals surface area contributed by atoms with E-state index in [4.69, 9.17) is 14.5 Å². The monoisotopic (exact) mass is 441 g/mol. The molecule has 3 aliphatic rings. The molecule has 0 aliphatic carbocycles. The Morgan fingerprint density at radius 3 is 2.72 bits per heavy atom. The third-order valence-electron chi connectivity index (χ3n) is 6.74. The summed E-state index contributed by atoms with van der Waals surface area (Å²) in [5.74, 6) is 0.888. The smallest absolute Gasteiger partial charge is 0.236 e. The van der Waals surface area contributed by atoms with Crippen LogP contribution in [0.4, 0.5) is 5.82 Å². The molecule has 8 nitrogen and oxygen atoms in total. The number of carbonyl (C=O) groups excluding carboxylic acids is 1. The van der Waals surface area contributed by atoms with Crippen molar-refractivity contribution in [3.8, 4) is 6.07 Å². The molecule has 4 heterocycles. The molecule has 8 heteroatoms. The van der Waals surface area contributed by atoms with Gasteiger partial charge in [-0.25, -0.2) is 4.98 Å². The van der Waals surface area contributed by atoms with Crippen LogP contribution in [-0.2, 0) is 33.7 Å². The summed E-state index contributed by atoms with van der Waals surface area (Å²) in [6.07, 6.45) is 3.93. The van der Waals surface area contributed by atoms with E-state index in [-0.39, 0.29) is 17.6 Å². The number of carbonyl (C=O) groups is 1. The quantitative estimate of drug-likeness (QED) is 0.720. The minimum Gasteiger partial charge on any atom is -0.377 e. The Morgan fingerprint density at radius 1 is 1.28 bits per heavy atom. The summed E-state index contributed by atoms with van der Waals surface area (Å²) in [7, 11) is 0. The van der Waals surface area contributed by atoms with E-state index in [2.05, 4.69) is 37.1 Å². The zero-order chi connectivity index (χ0) is 22.7. The maximum absolute atomic E-state index is 12.6. The highest BCUT2D eigenvalue weighted by molar-refractivity contribution is 5.78. The molecule has 32 heavy (non-hydrogen) atoms. The molecule has 0 spiro atoms. The van der Waals surface area contributed by atoms with Crippen molar-refractivity contribution >= 4 is 11.7 Å². The zero-order valence-corrected chi connectivity index (χ0v) is 19.6. The van der Waals surface area contributed by atoms with Crippen LogP contribution < -0.4 is 10.2 Å². The van der Waals surface area contributed by atoms with Crippen LogP contribution in [0.25, 0.3) is 0 Å². The summed E-state index contributed by atoms with van der Waals surface area (Å²) in [5, 5.41) is 13.3. The molecule has 1 amide bonds. The molecule has 2 fully saturated rings. The van der Waals surface area contributed by atoms with Crippen LogP contribution in [0.1, 0.15) is 56.0 Å². The average molecular weight is 442 g/mol. The topological polar surface area (TPSA) is 90.7 Å². The molecule has 2 saturated heterocycles. The first-order valence-corrected chi connectivity index (χ1v) is 11.9. The number of nitrogens with zero attached hydrogens (tertiary/aromatic N) is 4. The number of pyridine rings is 1. The number of hydrogen-bond donors (Lipinski definition) is 1. The molecular formula is C24H35N5O3. The molecule has 1 aromatic rings. The summed E-state index contributed by atoms with van der Waals surface area (Å²) in [6.45, 7) is 11.3. The van der Waals surface area contributed by atoms with Crippen molar-refractivity contribution in [3.05, 3.63) is 22.4 Å². The van der Waals surface area contributed by atoms with E-state index in [9.17, 15) is 10.1 Å². The van der Waals surface area contributed by atoms with Crippen LogP contribution >= 0.6 is 0 Å². The summed E-state index contributed by atoms with van der Waals surface area (Å²) in [6, 6.07) is 2.44. The van der Waals surface area contributed by atoms with Crippen molar-refractivity contribution in [2.75, 3.05) is 50.8 Å². The highest BCUT2D eigenvalue weighted by Gasteiger charge is 2.33. The first-order valence-electron chi connectivity index (χ1n) is 11.9. The van der Waals surface area contributed by atoms with E-state index in [1.165, 1.54) is 0 Å².